The van der Waals surface area contributed by atoms with Crippen LogP contribution in [-0.2, 0) is 29.4 Å². The van der Waals surface area contributed by atoms with Gasteiger partial charge in [0.05, 0.1) is 51.4 Å². The average Bonchev–Trinajstić information content (AvgIpc) is 1.58. The van der Waals surface area contributed by atoms with Crippen LogP contribution < -0.4 is 25.8 Å². The summed E-state index contributed by atoms with van der Waals surface area (Å²) in [5, 5.41) is 8.44. The Balaban J connectivity index is 0.682. The maximum absolute atomic E-state index is 16.0. The minimum Gasteiger partial charge on any atom is -0.371 e. The van der Waals surface area contributed by atoms with Gasteiger partial charge in [-0.05, 0) is 159 Å². The van der Waals surface area contributed by atoms with Crippen LogP contribution in [0.2, 0.25) is 0 Å². The summed E-state index contributed by atoms with van der Waals surface area (Å²) in [7, 11) is 0. The van der Waals surface area contributed by atoms with Crippen molar-refractivity contribution in [1.82, 2.24) is 44.8 Å². The number of imide groups is 2. The maximum Gasteiger partial charge on any atom is 0.264 e. The molecule has 13 rings (SSSR count). The number of aromatic nitrogens is 3. The third-order valence-corrected chi connectivity index (χ3v) is 19.8. The van der Waals surface area contributed by atoms with Gasteiger partial charge < -0.3 is 39.7 Å². The molecule has 1 saturated carbocycles. The number of benzene rings is 3. The van der Waals surface area contributed by atoms with E-state index < -0.39 is 40.9 Å². The molecule has 1 aliphatic carbocycles. The summed E-state index contributed by atoms with van der Waals surface area (Å²) >= 11 is 0. The van der Waals surface area contributed by atoms with Gasteiger partial charge in [0.25, 0.3) is 17.7 Å². The lowest BCUT2D eigenvalue weighted by Crippen LogP contribution is -2.60. The van der Waals surface area contributed by atoms with Gasteiger partial charge in [-0.2, -0.15) is 0 Å². The number of carbonyl (C=O) groups excluding carboxylic acids is 8. The van der Waals surface area contributed by atoms with Crippen molar-refractivity contribution in [1.29, 1.82) is 0 Å². The zero-order valence-corrected chi connectivity index (χ0v) is 49.6. The number of carbonyl (C=O) groups is 8. The average molecular weight is 1170 g/mol. The predicted molar refractivity (Wildman–Crippen MR) is 320 cm³/mol. The molecule has 1 unspecified atom stereocenters. The maximum atomic E-state index is 16.0. The largest absolute Gasteiger partial charge is 0.371 e. The van der Waals surface area contributed by atoms with E-state index in [1.807, 2.05) is 55.4 Å². The summed E-state index contributed by atoms with van der Waals surface area (Å²) in [5.41, 5.74) is 5.74. The monoisotopic (exact) mass is 1170 g/mol. The third-order valence-electron chi connectivity index (χ3n) is 19.8. The van der Waals surface area contributed by atoms with Crippen molar-refractivity contribution in [3.63, 3.8) is 0 Å². The second-order valence-electron chi connectivity index (χ2n) is 25.8. The first kappa shape index (κ1) is 57.0. The third kappa shape index (κ3) is 9.96. The second-order valence-corrected chi connectivity index (χ2v) is 25.8. The number of nitrogens with zero attached hydrogens (tertiary/aromatic N) is 9. The van der Waals surface area contributed by atoms with Crippen LogP contribution in [-0.4, -0.2) is 158 Å². The molecule has 20 nitrogen and oxygen atoms in total. The van der Waals surface area contributed by atoms with Gasteiger partial charge in [-0.15, -0.1) is 0 Å². The number of likely N-dealkylation sites (tertiary alicyclic amines) is 3. The van der Waals surface area contributed by atoms with E-state index in [1.165, 1.54) is 31.4 Å². The molecule has 21 heteroatoms. The molecule has 7 aliphatic heterocycles. The lowest BCUT2D eigenvalue weighted by atomic mass is 9.73. The fourth-order valence-corrected chi connectivity index (χ4v) is 14.8. The highest BCUT2D eigenvalue weighted by molar-refractivity contribution is 6.25. The first-order valence-corrected chi connectivity index (χ1v) is 31.0. The number of nitrogens with one attached hydrogen (secondary N) is 3. The highest BCUT2D eigenvalue weighted by atomic mass is 19.1. The van der Waals surface area contributed by atoms with E-state index in [4.69, 9.17) is 9.97 Å². The highest BCUT2D eigenvalue weighted by Crippen LogP contribution is 2.53. The van der Waals surface area contributed by atoms with Crippen molar-refractivity contribution < 1.29 is 42.7 Å². The van der Waals surface area contributed by atoms with E-state index in [9.17, 15) is 33.6 Å². The summed E-state index contributed by atoms with van der Waals surface area (Å²) in [6, 6.07) is 15.4. The van der Waals surface area contributed by atoms with E-state index in [0.717, 1.165) is 47.6 Å². The number of hydrogen-bond acceptors (Lipinski definition) is 13. The standard InChI is InChI=1S/C65H75FN12O8/c1-36(2)68-59(81)45-31-49(47(66)26-38(45)5)70-58-57-50(67-35-76(57)37(3)4)32-48(69-58)40-12-13-46-53(28-40)77(43-29-42(30-43)72-20-7-6-8-21-72)64(86)65(46)18-24-74(25-19-65)61(83)41-33-75(34-41)55(80)27-39-16-22-73(23-17-39)51-11-9-10-44-56(51)63(85)78(62(44)84)52-14-15-54(79)71-60(52)82/h9-13,26,28,31-32,35-37,39,41-43,52H,6-8,14-25,27,29-30,33-34H2,1-5H3,(H,68,81)(H,69,70)(H,71,79,82)/t42-,43+,52?. The molecule has 5 aromatic rings. The Morgan fingerprint density at radius 3 is 2.26 bits per heavy atom. The van der Waals surface area contributed by atoms with Crippen molar-refractivity contribution >= 4 is 81.2 Å². The summed E-state index contributed by atoms with van der Waals surface area (Å²) in [6.07, 6.45) is 9.91. The molecule has 0 bridgehead atoms. The fourth-order valence-electron chi connectivity index (χ4n) is 14.8. The van der Waals surface area contributed by atoms with Gasteiger partial charge in [0.15, 0.2) is 5.82 Å². The number of fused-ring (bicyclic) bond motifs is 4. The Morgan fingerprint density at radius 1 is 0.802 bits per heavy atom. The molecular formula is C65H75FN12O8. The van der Waals surface area contributed by atoms with E-state index in [0.29, 0.717) is 117 Å². The van der Waals surface area contributed by atoms with E-state index >= 15 is 9.18 Å². The summed E-state index contributed by atoms with van der Waals surface area (Å²) in [6.45, 7) is 14.3. The number of anilines is 4. The van der Waals surface area contributed by atoms with E-state index in [2.05, 4.69) is 42.8 Å². The van der Waals surface area contributed by atoms with E-state index in [1.54, 1.807) is 30.3 Å². The van der Waals surface area contributed by atoms with Gasteiger partial charge in [-0.25, -0.2) is 14.4 Å². The Kier molecular flexibility index (Phi) is 14.8. The zero-order chi connectivity index (χ0) is 60.0. The topological polar surface area (TPSA) is 223 Å². The van der Waals surface area contributed by atoms with Crippen LogP contribution in [0.3, 0.4) is 0 Å². The van der Waals surface area contributed by atoms with Crippen LogP contribution in [0.4, 0.5) is 27.3 Å². The zero-order valence-electron chi connectivity index (χ0n) is 49.6. The van der Waals surface area contributed by atoms with Gasteiger partial charge in [0, 0.05) is 93.1 Å². The van der Waals surface area contributed by atoms with Gasteiger partial charge in [-0.3, -0.25) is 48.6 Å². The summed E-state index contributed by atoms with van der Waals surface area (Å²) in [4.78, 5) is 130. The minimum atomic E-state index is -1.05. The molecule has 1 atom stereocenters. The van der Waals surface area contributed by atoms with Crippen molar-refractivity contribution in [2.24, 2.45) is 11.8 Å². The van der Waals surface area contributed by atoms with Crippen LogP contribution in [0.25, 0.3) is 22.3 Å². The van der Waals surface area contributed by atoms with Crippen molar-refractivity contribution in [2.75, 3.05) is 67.5 Å². The molecule has 450 valence electrons. The lowest BCUT2D eigenvalue weighted by Gasteiger charge is -2.48. The normalized spacial score (nSPS) is 22.7. The van der Waals surface area contributed by atoms with Gasteiger partial charge >= 0.3 is 0 Å². The van der Waals surface area contributed by atoms with Crippen LogP contribution in [0.1, 0.15) is 153 Å². The number of piperidine rings is 4. The number of imidazole rings is 1. The van der Waals surface area contributed by atoms with Crippen molar-refractivity contribution in [3.05, 3.63) is 94.6 Å². The highest BCUT2D eigenvalue weighted by Gasteiger charge is 2.57. The Morgan fingerprint density at radius 2 is 1.55 bits per heavy atom. The van der Waals surface area contributed by atoms with Crippen molar-refractivity contribution in [2.45, 2.75) is 147 Å². The molecule has 86 heavy (non-hydrogen) atoms. The van der Waals surface area contributed by atoms with Crippen LogP contribution in [0.15, 0.2) is 60.9 Å². The molecule has 3 N–H and O–H groups in total. The first-order chi connectivity index (χ1) is 41.3. The van der Waals surface area contributed by atoms with Gasteiger partial charge in [-0.1, -0.05) is 24.6 Å². The molecule has 8 amide bonds. The summed E-state index contributed by atoms with van der Waals surface area (Å²) in [5.74, 6) is -2.78. The Labute approximate surface area is 499 Å². The Hall–Kier alpha value is -8.07. The molecule has 5 saturated heterocycles. The number of hydrogen-bond donors (Lipinski definition) is 3. The number of amides is 8. The molecule has 6 fully saturated rings. The van der Waals surface area contributed by atoms with Crippen LogP contribution in [0, 0.1) is 24.6 Å². The second kappa shape index (κ2) is 22.3. The van der Waals surface area contributed by atoms with Gasteiger partial charge in [0.2, 0.25) is 29.5 Å². The number of rotatable bonds is 13. The molecule has 1 spiro atoms. The SMILES string of the molecule is Cc1cc(F)c(Nc2nc(-c3ccc4c(c3)N([C@H]3C[C@@H](N5CCCCC5)C3)C(=O)C43CCN(C(=O)C4CN(C(=O)CC5CCN(c6cccc7c6C(=O)N(C6CCC(=O)NC6=O)C7=O)CC5)C4)CC3)cc3ncn(C(C)C)c23)cc1C(=O)NC(C)C. The van der Waals surface area contributed by atoms with Crippen molar-refractivity contribution in [3.8, 4) is 11.3 Å². The van der Waals surface area contributed by atoms with Crippen LogP contribution in [0.5, 0.6) is 0 Å². The molecule has 3 aromatic carbocycles. The quantitative estimate of drug-likeness (QED) is 0.0980. The Bertz CT molecular complexity index is 3640. The molecule has 2 aromatic heterocycles. The number of pyridine rings is 1. The lowest BCUT2D eigenvalue weighted by molar-refractivity contribution is -0.151. The molecule has 8 aliphatic rings. The first-order valence-electron chi connectivity index (χ1n) is 31.0. The molecule has 9 heterocycles. The van der Waals surface area contributed by atoms with E-state index in [-0.39, 0.29) is 83.2 Å². The number of aryl methyl sites for hydroxylation is 1. The minimum absolute atomic E-state index is 0.00110. The smallest absolute Gasteiger partial charge is 0.264 e. The fraction of sp³-hybridized carbons (Fsp3) is 0.508. The molecular weight excluding hydrogens is 1100 g/mol. The number of halogens is 1. The predicted octanol–water partition coefficient (Wildman–Crippen LogP) is 7.40. The summed E-state index contributed by atoms with van der Waals surface area (Å²) < 4.78 is 17.9. The van der Waals surface area contributed by atoms with Crippen LogP contribution >= 0.6 is 0 Å². The van der Waals surface area contributed by atoms with Gasteiger partial charge in [0.1, 0.15) is 17.4 Å². The molecule has 0 radical (unpaired) electrons.